The topological polar surface area (TPSA) is 24.9 Å². The fourth-order valence-electron chi connectivity index (χ4n) is 2.38. The molecule has 0 aliphatic heterocycles. The number of aryl methyl sites for hydroxylation is 2. The molecule has 1 aromatic rings. The molecule has 0 amide bonds. The molecule has 2 nitrogen and oxygen atoms in total. The number of anilines is 1. The molecule has 1 fully saturated rings. The fraction of sp³-hybridized carbons (Fsp3) is 0.615. The molecule has 1 N–H and O–H groups in total. The normalized spacial score (nSPS) is 17.7. The molecule has 82 valence electrons. The Bertz CT molecular complexity index is 307. The van der Waals surface area contributed by atoms with E-state index in [0.717, 1.165) is 0 Å². The first-order valence-corrected chi connectivity index (χ1v) is 5.95. The van der Waals surface area contributed by atoms with E-state index in [1.165, 1.54) is 48.9 Å². The predicted octanol–water partition coefficient (Wildman–Crippen LogP) is 3.44. The van der Waals surface area contributed by atoms with E-state index in [0.29, 0.717) is 6.04 Å². The molecule has 0 bridgehead atoms. The van der Waals surface area contributed by atoms with Crippen LogP contribution in [-0.2, 0) is 0 Å². The summed E-state index contributed by atoms with van der Waals surface area (Å²) in [6, 6.07) is 0.679. The zero-order valence-electron chi connectivity index (χ0n) is 9.71. The van der Waals surface area contributed by atoms with E-state index in [1.807, 2.05) is 12.4 Å². The summed E-state index contributed by atoms with van der Waals surface area (Å²) in [5.41, 5.74) is 3.83. The van der Waals surface area contributed by atoms with Crippen molar-refractivity contribution in [3.63, 3.8) is 0 Å². The average molecular weight is 204 g/mol. The Labute approximate surface area is 92.1 Å². The summed E-state index contributed by atoms with van der Waals surface area (Å²) < 4.78 is 0. The molecule has 0 aromatic carbocycles. The van der Waals surface area contributed by atoms with Crippen LogP contribution in [0.15, 0.2) is 12.4 Å². The molecule has 1 aliphatic carbocycles. The van der Waals surface area contributed by atoms with Crippen LogP contribution in [0.1, 0.15) is 43.2 Å². The number of hydrogen-bond acceptors (Lipinski definition) is 2. The molecule has 2 heteroatoms. The highest BCUT2D eigenvalue weighted by Gasteiger charge is 2.14. The highest BCUT2D eigenvalue weighted by molar-refractivity contribution is 5.55. The van der Waals surface area contributed by atoms with Crippen LogP contribution >= 0.6 is 0 Å². The van der Waals surface area contributed by atoms with Crippen LogP contribution in [0.4, 0.5) is 5.69 Å². The summed E-state index contributed by atoms with van der Waals surface area (Å²) in [4.78, 5) is 4.20. The Morgan fingerprint density at radius 2 is 1.67 bits per heavy atom. The minimum absolute atomic E-state index is 0.679. The van der Waals surface area contributed by atoms with Gasteiger partial charge in [0.25, 0.3) is 0 Å². The molecule has 0 unspecified atom stereocenters. The lowest BCUT2D eigenvalue weighted by molar-refractivity contribution is 0.462. The van der Waals surface area contributed by atoms with Gasteiger partial charge in [0, 0.05) is 24.1 Å². The van der Waals surface area contributed by atoms with Gasteiger partial charge in [-0.05, 0) is 37.8 Å². The molecule has 2 rings (SSSR count). The molecule has 0 spiro atoms. The van der Waals surface area contributed by atoms with Gasteiger partial charge in [0.05, 0.1) is 0 Å². The van der Waals surface area contributed by atoms with E-state index in [-0.39, 0.29) is 0 Å². The largest absolute Gasteiger partial charge is 0.382 e. The second kappa shape index (κ2) is 4.65. The summed E-state index contributed by atoms with van der Waals surface area (Å²) in [6.45, 7) is 4.26. The molecular formula is C13H20N2. The molecule has 1 heterocycles. The van der Waals surface area contributed by atoms with Crippen molar-refractivity contribution in [3.05, 3.63) is 23.5 Å². The first-order valence-electron chi connectivity index (χ1n) is 5.95. The Hall–Kier alpha value is -1.05. The van der Waals surface area contributed by atoms with Crippen LogP contribution in [0.25, 0.3) is 0 Å². The maximum atomic E-state index is 4.20. The summed E-state index contributed by atoms with van der Waals surface area (Å²) in [5.74, 6) is 0. The molecular weight excluding hydrogens is 184 g/mol. The third-order valence-corrected chi connectivity index (χ3v) is 3.28. The Morgan fingerprint density at radius 1 is 1.07 bits per heavy atom. The van der Waals surface area contributed by atoms with Crippen molar-refractivity contribution in [3.8, 4) is 0 Å². The average Bonchev–Trinajstić information content (AvgIpc) is 2.25. The van der Waals surface area contributed by atoms with Gasteiger partial charge in [-0.3, -0.25) is 4.98 Å². The zero-order chi connectivity index (χ0) is 10.7. The minimum Gasteiger partial charge on any atom is -0.382 e. The van der Waals surface area contributed by atoms with Gasteiger partial charge in [-0.2, -0.15) is 0 Å². The van der Waals surface area contributed by atoms with Crippen molar-refractivity contribution in [1.82, 2.24) is 4.98 Å². The Balaban J connectivity index is 2.09. The summed E-state index contributed by atoms with van der Waals surface area (Å²) >= 11 is 0. The van der Waals surface area contributed by atoms with E-state index in [1.54, 1.807) is 0 Å². The molecule has 0 atom stereocenters. The highest BCUT2D eigenvalue weighted by atomic mass is 14.9. The standard InChI is InChI=1S/C13H20N2/c1-10-8-14-9-11(2)13(10)15-12-6-4-3-5-7-12/h8-9,12H,3-7H2,1-2H3,(H,14,15). The number of nitrogens with one attached hydrogen (secondary N) is 1. The molecule has 1 saturated carbocycles. The quantitative estimate of drug-likeness (QED) is 0.798. The SMILES string of the molecule is Cc1cncc(C)c1NC1CCCCC1. The second-order valence-corrected chi connectivity index (χ2v) is 4.63. The van der Waals surface area contributed by atoms with Gasteiger partial charge < -0.3 is 5.32 Å². The predicted molar refractivity (Wildman–Crippen MR) is 64.2 cm³/mol. The van der Waals surface area contributed by atoms with Gasteiger partial charge in [-0.1, -0.05) is 19.3 Å². The lowest BCUT2D eigenvalue weighted by atomic mass is 9.95. The van der Waals surface area contributed by atoms with Gasteiger partial charge in [0.1, 0.15) is 0 Å². The van der Waals surface area contributed by atoms with Gasteiger partial charge >= 0.3 is 0 Å². The molecule has 1 aromatic heterocycles. The first kappa shape index (κ1) is 10.5. The molecule has 15 heavy (non-hydrogen) atoms. The highest BCUT2D eigenvalue weighted by Crippen LogP contribution is 2.25. The van der Waals surface area contributed by atoms with Crippen LogP contribution < -0.4 is 5.32 Å². The van der Waals surface area contributed by atoms with Crippen molar-refractivity contribution < 1.29 is 0 Å². The summed E-state index contributed by atoms with van der Waals surface area (Å²) in [6.07, 6.45) is 10.7. The Kier molecular flexibility index (Phi) is 3.24. The van der Waals surface area contributed by atoms with Crippen LogP contribution in [0.5, 0.6) is 0 Å². The maximum absolute atomic E-state index is 4.20. The molecule has 1 aliphatic rings. The van der Waals surface area contributed by atoms with Crippen LogP contribution in [0, 0.1) is 13.8 Å². The zero-order valence-corrected chi connectivity index (χ0v) is 9.71. The Morgan fingerprint density at radius 3 is 2.27 bits per heavy atom. The van der Waals surface area contributed by atoms with Gasteiger partial charge in [-0.25, -0.2) is 0 Å². The number of aromatic nitrogens is 1. The lowest BCUT2D eigenvalue weighted by Crippen LogP contribution is -2.23. The third kappa shape index (κ3) is 2.49. The maximum Gasteiger partial charge on any atom is 0.0432 e. The minimum atomic E-state index is 0.679. The molecule has 0 radical (unpaired) electrons. The summed E-state index contributed by atoms with van der Waals surface area (Å²) in [7, 11) is 0. The van der Waals surface area contributed by atoms with Gasteiger partial charge in [-0.15, -0.1) is 0 Å². The number of nitrogens with zero attached hydrogens (tertiary/aromatic N) is 1. The number of rotatable bonds is 2. The van der Waals surface area contributed by atoms with E-state index in [2.05, 4.69) is 24.1 Å². The number of hydrogen-bond donors (Lipinski definition) is 1. The van der Waals surface area contributed by atoms with Crippen molar-refractivity contribution in [1.29, 1.82) is 0 Å². The van der Waals surface area contributed by atoms with Gasteiger partial charge in [0.2, 0.25) is 0 Å². The van der Waals surface area contributed by atoms with Crippen LogP contribution in [0.3, 0.4) is 0 Å². The fourth-order valence-corrected chi connectivity index (χ4v) is 2.38. The molecule has 0 saturated heterocycles. The van der Waals surface area contributed by atoms with Crippen molar-refractivity contribution in [2.24, 2.45) is 0 Å². The monoisotopic (exact) mass is 204 g/mol. The summed E-state index contributed by atoms with van der Waals surface area (Å²) in [5, 5.41) is 3.68. The smallest absolute Gasteiger partial charge is 0.0432 e. The lowest BCUT2D eigenvalue weighted by Gasteiger charge is -2.25. The number of pyridine rings is 1. The van der Waals surface area contributed by atoms with Crippen molar-refractivity contribution in [2.45, 2.75) is 52.0 Å². The first-order chi connectivity index (χ1) is 7.27. The second-order valence-electron chi connectivity index (χ2n) is 4.63. The van der Waals surface area contributed by atoms with Crippen LogP contribution in [-0.4, -0.2) is 11.0 Å². The van der Waals surface area contributed by atoms with Crippen molar-refractivity contribution in [2.75, 3.05) is 5.32 Å². The van der Waals surface area contributed by atoms with E-state index < -0.39 is 0 Å². The van der Waals surface area contributed by atoms with Crippen LogP contribution in [0.2, 0.25) is 0 Å². The third-order valence-electron chi connectivity index (χ3n) is 3.28. The van der Waals surface area contributed by atoms with Crippen molar-refractivity contribution >= 4 is 5.69 Å². The van der Waals surface area contributed by atoms with E-state index in [9.17, 15) is 0 Å². The van der Waals surface area contributed by atoms with E-state index in [4.69, 9.17) is 0 Å². The van der Waals surface area contributed by atoms with E-state index >= 15 is 0 Å². The van der Waals surface area contributed by atoms with Gasteiger partial charge in [0.15, 0.2) is 0 Å².